The lowest BCUT2D eigenvalue weighted by atomic mass is 10.1. The highest BCUT2D eigenvalue weighted by Gasteiger charge is 2.06. The van der Waals surface area contributed by atoms with Gasteiger partial charge in [-0.2, -0.15) is 0 Å². The zero-order chi connectivity index (χ0) is 18.2. The van der Waals surface area contributed by atoms with Crippen LogP contribution < -0.4 is 14.8 Å². The molecule has 2 aromatic rings. The van der Waals surface area contributed by atoms with E-state index in [1.165, 1.54) is 14.0 Å². The fourth-order valence-corrected chi connectivity index (χ4v) is 2.43. The lowest BCUT2D eigenvalue weighted by Crippen LogP contribution is -2.12. The van der Waals surface area contributed by atoms with Gasteiger partial charge in [0.15, 0.2) is 5.78 Å². The topological polar surface area (TPSA) is 64.6 Å². The molecule has 0 fully saturated rings. The van der Waals surface area contributed by atoms with Gasteiger partial charge in [0.25, 0.3) is 0 Å². The molecule has 0 aromatic heterocycles. The maximum absolute atomic E-state index is 11.9. The van der Waals surface area contributed by atoms with Crippen LogP contribution in [0.15, 0.2) is 42.5 Å². The quantitative estimate of drug-likeness (QED) is 0.560. The van der Waals surface area contributed by atoms with Crippen molar-refractivity contribution in [1.29, 1.82) is 0 Å². The molecule has 0 bridgehead atoms. The molecular weight excluding hydrogens is 342 g/mol. The van der Waals surface area contributed by atoms with Crippen molar-refractivity contribution >= 4 is 29.0 Å². The molecule has 25 heavy (non-hydrogen) atoms. The van der Waals surface area contributed by atoms with Crippen LogP contribution in [-0.4, -0.2) is 25.4 Å². The van der Waals surface area contributed by atoms with Gasteiger partial charge in [-0.05, 0) is 55.8 Å². The number of methoxy groups -OCH3 is 1. The van der Waals surface area contributed by atoms with Crippen molar-refractivity contribution in [2.45, 2.75) is 19.8 Å². The minimum absolute atomic E-state index is 0.0156. The molecule has 1 N–H and O–H groups in total. The zero-order valence-electron chi connectivity index (χ0n) is 14.2. The highest BCUT2D eigenvalue weighted by molar-refractivity contribution is 6.32. The van der Waals surface area contributed by atoms with Crippen molar-refractivity contribution in [2.24, 2.45) is 0 Å². The Balaban J connectivity index is 1.73. The average Bonchev–Trinajstić information content (AvgIpc) is 2.59. The smallest absolute Gasteiger partial charge is 0.224 e. The van der Waals surface area contributed by atoms with Crippen LogP contribution in [0.25, 0.3) is 0 Å². The monoisotopic (exact) mass is 361 g/mol. The summed E-state index contributed by atoms with van der Waals surface area (Å²) in [5, 5.41) is 3.22. The number of anilines is 1. The SMILES string of the molecule is COc1ccc(NC(=O)CCCOc2ccc(C(C)=O)cc2)cc1Cl. The van der Waals surface area contributed by atoms with Crippen LogP contribution in [0.1, 0.15) is 30.1 Å². The van der Waals surface area contributed by atoms with Crippen molar-refractivity contribution in [3.05, 3.63) is 53.1 Å². The summed E-state index contributed by atoms with van der Waals surface area (Å²) in [5.41, 5.74) is 1.27. The normalized spacial score (nSPS) is 10.2. The van der Waals surface area contributed by atoms with E-state index in [4.69, 9.17) is 21.1 Å². The van der Waals surface area contributed by atoms with Gasteiger partial charge in [-0.15, -0.1) is 0 Å². The van der Waals surface area contributed by atoms with Crippen LogP contribution >= 0.6 is 11.6 Å². The van der Waals surface area contributed by atoms with Crippen LogP contribution in [0.5, 0.6) is 11.5 Å². The van der Waals surface area contributed by atoms with Crippen molar-refractivity contribution in [2.75, 3.05) is 19.0 Å². The Hall–Kier alpha value is -2.53. The summed E-state index contributed by atoms with van der Waals surface area (Å²) in [6.07, 6.45) is 0.902. The van der Waals surface area contributed by atoms with Gasteiger partial charge < -0.3 is 14.8 Å². The first-order chi connectivity index (χ1) is 12.0. The third kappa shape index (κ3) is 5.80. The summed E-state index contributed by atoms with van der Waals surface area (Å²) in [5.74, 6) is 1.13. The van der Waals surface area contributed by atoms with E-state index in [1.807, 2.05) is 0 Å². The number of carbonyl (C=O) groups excluding carboxylic acids is 2. The maximum atomic E-state index is 11.9. The highest BCUT2D eigenvalue weighted by Crippen LogP contribution is 2.27. The molecule has 5 nitrogen and oxygen atoms in total. The Kier molecular flexibility index (Phi) is 6.83. The first-order valence-electron chi connectivity index (χ1n) is 7.87. The predicted octanol–water partition coefficient (Wildman–Crippen LogP) is 4.35. The molecule has 0 radical (unpaired) electrons. The van der Waals surface area contributed by atoms with E-state index in [0.29, 0.717) is 47.2 Å². The molecule has 2 aromatic carbocycles. The number of benzene rings is 2. The summed E-state index contributed by atoms with van der Waals surface area (Å²) < 4.78 is 10.6. The lowest BCUT2D eigenvalue weighted by molar-refractivity contribution is -0.116. The Bertz CT molecular complexity index is 744. The van der Waals surface area contributed by atoms with Gasteiger partial charge in [-0.25, -0.2) is 0 Å². The van der Waals surface area contributed by atoms with E-state index in [1.54, 1.807) is 42.5 Å². The molecule has 6 heteroatoms. The Morgan fingerprint density at radius 3 is 2.44 bits per heavy atom. The number of rotatable bonds is 8. The third-order valence-corrected chi connectivity index (χ3v) is 3.81. The summed E-state index contributed by atoms with van der Waals surface area (Å²) in [4.78, 5) is 23.1. The van der Waals surface area contributed by atoms with Crippen LogP contribution in [0.2, 0.25) is 5.02 Å². The Labute approximate surface area is 151 Å². The van der Waals surface area contributed by atoms with Crippen molar-refractivity contribution in [3.8, 4) is 11.5 Å². The maximum Gasteiger partial charge on any atom is 0.224 e. The van der Waals surface area contributed by atoms with Gasteiger partial charge in [-0.3, -0.25) is 9.59 Å². The summed E-state index contributed by atoms with van der Waals surface area (Å²) >= 11 is 6.02. The van der Waals surface area contributed by atoms with Crippen LogP contribution in [-0.2, 0) is 4.79 Å². The van der Waals surface area contributed by atoms with Crippen molar-refractivity contribution in [1.82, 2.24) is 0 Å². The number of halogens is 1. The number of hydrogen-bond donors (Lipinski definition) is 1. The molecule has 0 aliphatic rings. The summed E-state index contributed by atoms with van der Waals surface area (Å²) in [6.45, 7) is 1.93. The Morgan fingerprint density at radius 1 is 1.12 bits per heavy atom. The molecule has 0 saturated heterocycles. The molecular formula is C19H20ClNO4. The van der Waals surface area contributed by atoms with Gasteiger partial charge in [0, 0.05) is 17.7 Å². The van der Waals surface area contributed by atoms with Crippen LogP contribution in [0.4, 0.5) is 5.69 Å². The molecule has 0 heterocycles. The Morgan fingerprint density at radius 2 is 1.84 bits per heavy atom. The fraction of sp³-hybridized carbons (Fsp3) is 0.263. The van der Waals surface area contributed by atoms with Gasteiger partial charge in [0.1, 0.15) is 11.5 Å². The number of ketones is 1. The standard InChI is InChI=1S/C19H20ClNO4/c1-13(22)14-5-8-16(9-6-14)25-11-3-4-19(23)21-15-7-10-18(24-2)17(20)12-15/h5-10,12H,3-4,11H2,1-2H3,(H,21,23). The van der Waals surface area contributed by atoms with Gasteiger partial charge in [-0.1, -0.05) is 11.6 Å². The first kappa shape index (κ1) is 18.8. The van der Waals surface area contributed by atoms with Crippen LogP contribution in [0, 0.1) is 0 Å². The fourth-order valence-electron chi connectivity index (χ4n) is 2.18. The first-order valence-corrected chi connectivity index (χ1v) is 8.24. The number of carbonyl (C=O) groups is 2. The summed E-state index contributed by atoms with van der Waals surface area (Å²) in [6, 6.07) is 12.0. The molecule has 0 aliphatic heterocycles. The molecule has 132 valence electrons. The molecule has 1 amide bonds. The second-order valence-corrected chi connectivity index (χ2v) is 5.84. The second-order valence-electron chi connectivity index (χ2n) is 5.43. The van der Waals surface area contributed by atoms with Gasteiger partial charge >= 0.3 is 0 Å². The second kappa shape index (κ2) is 9.08. The molecule has 0 spiro atoms. The van der Waals surface area contributed by atoms with Crippen LogP contribution in [0.3, 0.4) is 0 Å². The number of ether oxygens (including phenoxy) is 2. The van der Waals surface area contributed by atoms with Crippen molar-refractivity contribution in [3.63, 3.8) is 0 Å². The zero-order valence-corrected chi connectivity index (χ0v) is 14.9. The molecule has 0 unspecified atom stereocenters. The van der Waals surface area contributed by atoms with E-state index in [2.05, 4.69) is 5.32 Å². The molecule has 0 aliphatic carbocycles. The van der Waals surface area contributed by atoms with E-state index in [-0.39, 0.29) is 11.7 Å². The number of amides is 1. The number of nitrogens with one attached hydrogen (secondary N) is 1. The molecule has 0 saturated carbocycles. The van der Waals surface area contributed by atoms with E-state index < -0.39 is 0 Å². The molecule has 2 rings (SSSR count). The largest absolute Gasteiger partial charge is 0.495 e. The van der Waals surface area contributed by atoms with Gasteiger partial charge in [0.05, 0.1) is 18.7 Å². The average molecular weight is 362 g/mol. The minimum atomic E-state index is -0.114. The van der Waals surface area contributed by atoms with E-state index >= 15 is 0 Å². The minimum Gasteiger partial charge on any atom is -0.495 e. The number of Topliss-reactive ketones (excluding diaryl/α,β-unsaturated/α-hetero) is 1. The summed E-state index contributed by atoms with van der Waals surface area (Å²) in [7, 11) is 1.53. The molecule has 0 atom stereocenters. The highest BCUT2D eigenvalue weighted by atomic mass is 35.5. The third-order valence-electron chi connectivity index (χ3n) is 3.51. The predicted molar refractivity (Wildman–Crippen MR) is 97.8 cm³/mol. The van der Waals surface area contributed by atoms with E-state index in [0.717, 1.165) is 0 Å². The van der Waals surface area contributed by atoms with Gasteiger partial charge in [0.2, 0.25) is 5.91 Å². The lowest BCUT2D eigenvalue weighted by Gasteiger charge is -2.09. The number of hydrogen-bond acceptors (Lipinski definition) is 4. The van der Waals surface area contributed by atoms with Crippen molar-refractivity contribution < 1.29 is 19.1 Å². The van der Waals surface area contributed by atoms with E-state index in [9.17, 15) is 9.59 Å².